The average Bonchev–Trinajstić information content (AvgIpc) is 3.15. The molecule has 1 aromatic carbocycles. The zero-order valence-electron chi connectivity index (χ0n) is 12.3. The molecule has 2 bridgehead atoms. The molecule has 1 fully saturated rings. The molecule has 1 amide bonds. The Hall–Kier alpha value is -2.67. The maximum Gasteiger partial charge on any atom is 0.339 e. The largest absolute Gasteiger partial charge is 0.481 e. The number of ether oxygens (including phenoxy) is 2. The van der Waals surface area contributed by atoms with Crippen molar-refractivity contribution in [3.63, 3.8) is 0 Å². The molecule has 0 aromatic heterocycles. The third-order valence-corrected chi connectivity index (χ3v) is 4.08. The molecular weight excluding hydrogens is 302 g/mol. The Bertz CT molecular complexity index is 698. The van der Waals surface area contributed by atoms with Crippen LogP contribution in [0.15, 0.2) is 36.4 Å². The summed E-state index contributed by atoms with van der Waals surface area (Å²) >= 11 is 0. The Labute approximate surface area is 131 Å². The van der Waals surface area contributed by atoms with Gasteiger partial charge in [-0.3, -0.25) is 9.59 Å². The van der Waals surface area contributed by atoms with E-state index < -0.39 is 41.9 Å². The highest BCUT2D eigenvalue weighted by atomic mass is 16.5. The van der Waals surface area contributed by atoms with E-state index in [9.17, 15) is 19.5 Å². The van der Waals surface area contributed by atoms with Crippen molar-refractivity contribution in [1.82, 2.24) is 0 Å². The van der Waals surface area contributed by atoms with Gasteiger partial charge in [0.1, 0.15) is 5.92 Å². The lowest BCUT2D eigenvalue weighted by molar-refractivity contribution is -0.145. The first-order valence-electron chi connectivity index (χ1n) is 7.07. The quantitative estimate of drug-likeness (QED) is 0.636. The second-order valence-electron chi connectivity index (χ2n) is 5.37. The Kier molecular flexibility index (Phi) is 3.87. The monoisotopic (exact) mass is 317 g/mol. The van der Waals surface area contributed by atoms with Gasteiger partial charge in [-0.05, 0) is 12.1 Å². The molecule has 7 heteroatoms. The van der Waals surface area contributed by atoms with Crippen LogP contribution in [0.4, 0.5) is 5.69 Å². The summed E-state index contributed by atoms with van der Waals surface area (Å²) in [6, 6.07) is 6.39. The number of carboxylic acids is 1. The molecule has 2 aliphatic heterocycles. The topological polar surface area (TPSA) is 102 Å². The second kappa shape index (κ2) is 5.85. The number of carboxylic acid groups (broad SMARTS) is 1. The van der Waals surface area contributed by atoms with E-state index in [1.165, 1.54) is 13.2 Å². The third-order valence-electron chi connectivity index (χ3n) is 4.08. The summed E-state index contributed by atoms with van der Waals surface area (Å²) in [4.78, 5) is 35.7. The van der Waals surface area contributed by atoms with Crippen LogP contribution in [0.25, 0.3) is 0 Å². The molecule has 4 atom stereocenters. The van der Waals surface area contributed by atoms with E-state index >= 15 is 0 Å². The van der Waals surface area contributed by atoms with Gasteiger partial charge in [0, 0.05) is 0 Å². The third kappa shape index (κ3) is 2.59. The molecule has 0 unspecified atom stereocenters. The molecule has 2 N–H and O–H groups in total. The first-order chi connectivity index (χ1) is 11.0. The maximum atomic E-state index is 12.5. The predicted molar refractivity (Wildman–Crippen MR) is 78.8 cm³/mol. The highest BCUT2D eigenvalue weighted by molar-refractivity contribution is 6.03. The van der Waals surface area contributed by atoms with Gasteiger partial charge < -0.3 is 19.9 Å². The van der Waals surface area contributed by atoms with E-state index in [4.69, 9.17) is 4.74 Å². The number of amides is 1. The van der Waals surface area contributed by atoms with Gasteiger partial charge >= 0.3 is 11.9 Å². The number of para-hydroxylation sites is 1. The number of nitrogens with one attached hydrogen (secondary N) is 1. The minimum absolute atomic E-state index is 0.204. The summed E-state index contributed by atoms with van der Waals surface area (Å²) in [5, 5.41) is 12.0. The molecule has 2 aliphatic rings. The van der Waals surface area contributed by atoms with Crippen LogP contribution in [0.1, 0.15) is 10.4 Å². The van der Waals surface area contributed by atoms with E-state index in [1.54, 1.807) is 30.4 Å². The molecule has 3 rings (SSSR count). The molecule has 0 spiro atoms. The summed E-state index contributed by atoms with van der Waals surface area (Å²) in [7, 11) is 1.25. The van der Waals surface area contributed by atoms with Crippen LogP contribution in [0.3, 0.4) is 0 Å². The van der Waals surface area contributed by atoms with Crippen molar-refractivity contribution in [2.45, 2.75) is 12.2 Å². The lowest BCUT2D eigenvalue weighted by Crippen LogP contribution is -2.39. The summed E-state index contributed by atoms with van der Waals surface area (Å²) in [6.45, 7) is 0. The Morgan fingerprint density at radius 2 is 1.78 bits per heavy atom. The van der Waals surface area contributed by atoms with Crippen molar-refractivity contribution >= 4 is 23.5 Å². The Morgan fingerprint density at radius 1 is 1.13 bits per heavy atom. The molecule has 23 heavy (non-hydrogen) atoms. The fraction of sp³-hybridized carbons (Fsp3) is 0.312. The lowest BCUT2D eigenvalue weighted by Gasteiger charge is -2.21. The minimum Gasteiger partial charge on any atom is -0.481 e. The van der Waals surface area contributed by atoms with E-state index in [-0.39, 0.29) is 11.3 Å². The van der Waals surface area contributed by atoms with Crippen LogP contribution in [0, 0.1) is 11.8 Å². The van der Waals surface area contributed by atoms with Gasteiger partial charge in [-0.1, -0.05) is 24.3 Å². The summed E-state index contributed by atoms with van der Waals surface area (Å²) in [5.41, 5.74) is 0.482. The molecular formula is C16H15NO6. The van der Waals surface area contributed by atoms with Crippen molar-refractivity contribution in [3.8, 4) is 0 Å². The summed E-state index contributed by atoms with van der Waals surface area (Å²) < 4.78 is 10.1. The predicted octanol–water partition coefficient (Wildman–Crippen LogP) is 1.07. The molecule has 1 saturated heterocycles. The smallest absolute Gasteiger partial charge is 0.339 e. The van der Waals surface area contributed by atoms with Gasteiger partial charge in [0.15, 0.2) is 0 Å². The molecule has 1 aromatic rings. The van der Waals surface area contributed by atoms with Crippen LogP contribution < -0.4 is 5.32 Å². The number of anilines is 1. The van der Waals surface area contributed by atoms with E-state index in [0.29, 0.717) is 0 Å². The number of benzene rings is 1. The standard InChI is InChI=1S/C16H15NO6/c1-22-16(21)8-4-2-3-5-9(8)17-14(18)12-10-6-7-11(23-10)13(12)15(19)20/h2-7,10-13H,1H3,(H,17,18)(H,19,20)/t10-,11+,12+,13+/m1/s1. The fourth-order valence-corrected chi connectivity index (χ4v) is 3.01. The normalized spacial score (nSPS) is 27.7. The van der Waals surface area contributed by atoms with Crippen molar-refractivity contribution in [2.75, 3.05) is 12.4 Å². The number of carbonyl (C=O) groups excluding carboxylic acids is 2. The Morgan fingerprint density at radius 3 is 2.43 bits per heavy atom. The number of esters is 1. The van der Waals surface area contributed by atoms with E-state index in [2.05, 4.69) is 10.1 Å². The molecule has 0 saturated carbocycles. The molecule has 7 nitrogen and oxygen atoms in total. The molecule has 0 aliphatic carbocycles. The van der Waals surface area contributed by atoms with E-state index in [0.717, 1.165) is 0 Å². The molecule has 0 radical (unpaired) electrons. The van der Waals surface area contributed by atoms with Gasteiger partial charge in [-0.2, -0.15) is 0 Å². The van der Waals surface area contributed by atoms with E-state index in [1.807, 2.05) is 0 Å². The van der Waals surface area contributed by atoms with Crippen molar-refractivity contribution in [3.05, 3.63) is 42.0 Å². The maximum absolute atomic E-state index is 12.5. The van der Waals surface area contributed by atoms with Crippen LogP contribution in [0.2, 0.25) is 0 Å². The van der Waals surface area contributed by atoms with Gasteiger partial charge in [0.05, 0.1) is 36.5 Å². The zero-order valence-corrected chi connectivity index (χ0v) is 12.3. The van der Waals surface area contributed by atoms with Gasteiger partial charge in [-0.25, -0.2) is 4.79 Å². The summed E-state index contributed by atoms with van der Waals surface area (Å²) in [6.07, 6.45) is 2.20. The van der Waals surface area contributed by atoms with Gasteiger partial charge in [0.25, 0.3) is 0 Å². The fourth-order valence-electron chi connectivity index (χ4n) is 3.01. The highest BCUT2D eigenvalue weighted by Crippen LogP contribution is 2.40. The number of hydrogen-bond donors (Lipinski definition) is 2. The number of aliphatic carboxylic acids is 1. The van der Waals surface area contributed by atoms with Crippen LogP contribution in [0.5, 0.6) is 0 Å². The average molecular weight is 317 g/mol. The number of hydrogen-bond acceptors (Lipinski definition) is 5. The van der Waals surface area contributed by atoms with Crippen molar-refractivity contribution in [2.24, 2.45) is 11.8 Å². The van der Waals surface area contributed by atoms with Gasteiger partial charge in [0.2, 0.25) is 5.91 Å². The van der Waals surface area contributed by atoms with Crippen molar-refractivity contribution in [1.29, 1.82) is 0 Å². The SMILES string of the molecule is COC(=O)c1ccccc1NC(=O)[C@@H]1[C@@H](C(=O)O)[C@@H]2C=C[C@H]1O2. The Balaban J connectivity index is 1.84. The van der Waals surface area contributed by atoms with Gasteiger partial charge in [-0.15, -0.1) is 0 Å². The highest BCUT2D eigenvalue weighted by Gasteiger charge is 2.53. The van der Waals surface area contributed by atoms with Crippen LogP contribution in [-0.2, 0) is 19.1 Å². The van der Waals surface area contributed by atoms with Crippen molar-refractivity contribution < 1.29 is 29.0 Å². The zero-order chi connectivity index (χ0) is 16.6. The first kappa shape index (κ1) is 15.2. The van der Waals surface area contributed by atoms with Crippen LogP contribution in [-0.4, -0.2) is 42.3 Å². The first-order valence-corrected chi connectivity index (χ1v) is 7.07. The number of rotatable bonds is 4. The minimum atomic E-state index is -1.08. The molecule has 2 heterocycles. The lowest BCUT2D eigenvalue weighted by atomic mass is 9.82. The number of fused-ring (bicyclic) bond motifs is 2. The van der Waals surface area contributed by atoms with Crippen LogP contribution >= 0.6 is 0 Å². The number of carbonyl (C=O) groups is 3. The second-order valence-corrected chi connectivity index (χ2v) is 5.37. The number of methoxy groups -OCH3 is 1. The molecule has 120 valence electrons. The summed E-state index contributed by atoms with van der Waals surface area (Å²) in [5.74, 6) is -3.93.